The number of hydrogen-bond donors (Lipinski definition) is 0. The van der Waals surface area contributed by atoms with E-state index in [9.17, 15) is 4.79 Å². The highest BCUT2D eigenvalue weighted by atomic mass is 16.2. The van der Waals surface area contributed by atoms with Gasteiger partial charge in [-0.3, -0.25) is 9.69 Å². The molecular weight excluding hydrogens is 248 g/mol. The minimum absolute atomic E-state index is 0.0910. The van der Waals surface area contributed by atoms with Gasteiger partial charge in [0.1, 0.15) is 0 Å². The van der Waals surface area contributed by atoms with Crippen LogP contribution in [0.3, 0.4) is 0 Å². The van der Waals surface area contributed by atoms with E-state index in [1.54, 1.807) is 0 Å². The lowest BCUT2D eigenvalue weighted by Crippen LogP contribution is -2.46. The number of carbonyl (C=O) groups excluding carboxylic acids is 1. The zero-order valence-electron chi connectivity index (χ0n) is 12.3. The van der Waals surface area contributed by atoms with Crippen LogP contribution in [0.1, 0.15) is 31.7 Å². The Kier molecular flexibility index (Phi) is 4.06. The first-order valence-corrected chi connectivity index (χ1v) is 7.82. The predicted octanol–water partition coefficient (Wildman–Crippen LogP) is 2.52. The Morgan fingerprint density at radius 2 is 1.85 bits per heavy atom. The van der Waals surface area contributed by atoms with Gasteiger partial charge >= 0.3 is 0 Å². The SMILES string of the molecule is C[C@@H]1CCN(Cc2ccccc2)[C@H]1C(=O)N1CCCC1. The summed E-state index contributed by atoms with van der Waals surface area (Å²) < 4.78 is 0. The van der Waals surface area contributed by atoms with E-state index in [2.05, 4.69) is 41.0 Å². The molecule has 3 heteroatoms. The van der Waals surface area contributed by atoms with Crippen LogP contribution < -0.4 is 0 Å². The summed E-state index contributed by atoms with van der Waals surface area (Å²) in [6, 6.07) is 10.6. The van der Waals surface area contributed by atoms with Crippen molar-refractivity contribution in [3.63, 3.8) is 0 Å². The van der Waals surface area contributed by atoms with Gasteiger partial charge in [-0.2, -0.15) is 0 Å². The lowest BCUT2D eigenvalue weighted by molar-refractivity contribution is -0.136. The summed E-state index contributed by atoms with van der Waals surface area (Å²) in [7, 11) is 0. The molecule has 108 valence electrons. The van der Waals surface area contributed by atoms with Gasteiger partial charge in [-0.05, 0) is 37.3 Å². The van der Waals surface area contributed by atoms with Crippen LogP contribution in [0, 0.1) is 5.92 Å². The number of likely N-dealkylation sites (tertiary alicyclic amines) is 2. The van der Waals surface area contributed by atoms with E-state index in [0.29, 0.717) is 11.8 Å². The summed E-state index contributed by atoms with van der Waals surface area (Å²) in [5.41, 5.74) is 1.31. The first kappa shape index (κ1) is 13.6. The number of hydrogen-bond acceptors (Lipinski definition) is 2. The highest BCUT2D eigenvalue weighted by molar-refractivity contribution is 5.82. The molecule has 0 aromatic heterocycles. The Hall–Kier alpha value is -1.35. The van der Waals surface area contributed by atoms with Gasteiger partial charge in [0, 0.05) is 19.6 Å². The summed E-state index contributed by atoms with van der Waals surface area (Å²) in [6.07, 6.45) is 3.48. The van der Waals surface area contributed by atoms with Crippen molar-refractivity contribution in [3.8, 4) is 0 Å². The molecule has 0 saturated carbocycles. The molecule has 2 atom stereocenters. The molecule has 1 aromatic rings. The number of amides is 1. The Labute approximate surface area is 121 Å². The van der Waals surface area contributed by atoms with Gasteiger partial charge in [-0.25, -0.2) is 0 Å². The molecule has 2 aliphatic rings. The molecule has 0 aliphatic carbocycles. The molecule has 3 rings (SSSR count). The smallest absolute Gasteiger partial charge is 0.240 e. The second-order valence-electron chi connectivity index (χ2n) is 6.20. The lowest BCUT2D eigenvalue weighted by Gasteiger charge is -2.29. The normalized spacial score (nSPS) is 27.1. The third-order valence-corrected chi connectivity index (χ3v) is 4.70. The van der Waals surface area contributed by atoms with Crippen LogP contribution in [0.4, 0.5) is 0 Å². The minimum Gasteiger partial charge on any atom is -0.341 e. The third-order valence-electron chi connectivity index (χ3n) is 4.70. The first-order valence-electron chi connectivity index (χ1n) is 7.82. The quantitative estimate of drug-likeness (QED) is 0.844. The van der Waals surface area contributed by atoms with E-state index in [-0.39, 0.29) is 6.04 Å². The molecule has 2 aliphatic heterocycles. The number of nitrogens with zero attached hydrogens (tertiary/aromatic N) is 2. The molecule has 1 aromatic carbocycles. The van der Waals surface area contributed by atoms with Crippen LogP contribution in [-0.4, -0.2) is 41.4 Å². The number of rotatable bonds is 3. The van der Waals surface area contributed by atoms with Gasteiger partial charge in [0.15, 0.2) is 0 Å². The largest absolute Gasteiger partial charge is 0.341 e. The molecule has 2 saturated heterocycles. The fourth-order valence-electron chi connectivity index (χ4n) is 3.55. The van der Waals surface area contributed by atoms with E-state index in [4.69, 9.17) is 0 Å². The standard InChI is InChI=1S/C17H24N2O/c1-14-9-12-19(13-15-7-3-2-4-8-15)16(14)17(20)18-10-5-6-11-18/h2-4,7-8,14,16H,5-6,9-13H2,1H3/t14-,16-/m1/s1. The summed E-state index contributed by atoms with van der Waals surface area (Å²) in [4.78, 5) is 17.2. The zero-order valence-corrected chi connectivity index (χ0v) is 12.3. The van der Waals surface area contributed by atoms with Gasteiger partial charge < -0.3 is 4.90 Å². The van der Waals surface area contributed by atoms with Gasteiger partial charge in [0.05, 0.1) is 6.04 Å². The molecule has 0 N–H and O–H groups in total. The molecule has 0 spiro atoms. The number of benzene rings is 1. The molecule has 3 nitrogen and oxygen atoms in total. The molecule has 2 fully saturated rings. The predicted molar refractivity (Wildman–Crippen MR) is 80.2 cm³/mol. The Bertz CT molecular complexity index is 453. The Morgan fingerprint density at radius 3 is 2.55 bits per heavy atom. The Balaban J connectivity index is 1.71. The van der Waals surface area contributed by atoms with E-state index in [1.165, 1.54) is 18.4 Å². The second-order valence-corrected chi connectivity index (χ2v) is 6.20. The van der Waals surface area contributed by atoms with Crippen LogP contribution in [0.25, 0.3) is 0 Å². The zero-order chi connectivity index (χ0) is 13.9. The summed E-state index contributed by atoms with van der Waals surface area (Å²) in [6.45, 7) is 6.09. The van der Waals surface area contributed by atoms with Gasteiger partial charge in [0.2, 0.25) is 5.91 Å². The average Bonchev–Trinajstić information content (AvgIpc) is 3.10. The van der Waals surface area contributed by atoms with E-state index in [1.807, 2.05) is 6.07 Å². The topological polar surface area (TPSA) is 23.6 Å². The van der Waals surface area contributed by atoms with Crippen molar-refractivity contribution in [2.45, 2.75) is 38.8 Å². The molecule has 0 radical (unpaired) electrons. The van der Waals surface area contributed by atoms with Crippen molar-refractivity contribution >= 4 is 5.91 Å². The van der Waals surface area contributed by atoms with Crippen molar-refractivity contribution in [1.29, 1.82) is 0 Å². The Morgan fingerprint density at radius 1 is 1.15 bits per heavy atom. The van der Waals surface area contributed by atoms with Crippen LogP contribution >= 0.6 is 0 Å². The lowest BCUT2D eigenvalue weighted by atomic mass is 10.0. The molecule has 20 heavy (non-hydrogen) atoms. The van der Waals surface area contributed by atoms with Crippen LogP contribution in [-0.2, 0) is 11.3 Å². The maximum Gasteiger partial charge on any atom is 0.240 e. The molecule has 2 heterocycles. The van der Waals surface area contributed by atoms with Crippen LogP contribution in [0.15, 0.2) is 30.3 Å². The van der Waals surface area contributed by atoms with Crippen LogP contribution in [0.2, 0.25) is 0 Å². The maximum absolute atomic E-state index is 12.7. The van der Waals surface area contributed by atoms with Crippen molar-refractivity contribution in [1.82, 2.24) is 9.80 Å². The number of carbonyl (C=O) groups is 1. The second kappa shape index (κ2) is 5.96. The maximum atomic E-state index is 12.7. The fraction of sp³-hybridized carbons (Fsp3) is 0.588. The molecule has 1 amide bonds. The third kappa shape index (κ3) is 2.73. The van der Waals surface area contributed by atoms with Crippen molar-refractivity contribution < 1.29 is 4.79 Å². The van der Waals surface area contributed by atoms with Gasteiger partial charge in [0.25, 0.3) is 0 Å². The van der Waals surface area contributed by atoms with Crippen LogP contribution in [0.5, 0.6) is 0 Å². The highest BCUT2D eigenvalue weighted by Crippen LogP contribution is 2.28. The van der Waals surface area contributed by atoms with Crippen molar-refractivity contribution in [2.24, 2.45) is 5.92 Å². The highest BCUT2D eigenvalue weighted by Gasteiger charge is 2.39. The van der Waals surface area contributed by atoms with Crippen molar-refractivity contribution in [3.05, 3.63) is 35.9 Å². The van der Waals surface area contributed by atoms with E-state index in [0.717, 1.165) is 32.6 Å². The summed E-state index contributed by atoms with van der Waals surface area (Å²) >= 11 is 0. The van der Waals surface area contributed by atoms with Gasteiger partial charge in [-0.1, -0.05) is 37.3 Å². The van der Waals surface area contributed by atoms with E-state index >= 15 is 0 Å². The molecular formula is C17H24N2O. The minimum atomic E-state index is 0.0910. The molecule has 0 bridgehead atoms. The van der Waals surface area contributed by atoms with Gasteiger partial charge in [-0.15, -0.1) is 0 Å². The average molecular weight is 272 g/mol. The fourth-order valence-corrected chi connectivity index (χ4v) is 3.55. The van der Waals surface area contributed by atoms with Crippen molar-refractivity contribution in [2.75, 3.05) is 19.6 Å². The summed E-state index contributed by atoms with van der Waals surface area (Å²) in [5.74, 6) is 0.843. The summed E-state index contributed by atoms with van der Waals surface area (Å²) in [5, 5.41) is 0. The monoisotopic (exact) mass is 272 g/mol. The van der Waals surface area contributed by atoms with E-state index < -0.39 is 0 Å². The first-order chi connectivity index (χ1) is 9.75. The molecule has 0 unspecified atom stereocenters.